The van der Waals surface area contributed by atoms with Crippen LogP contribution in [0.4, 0.5) is 0 Å². The Balaban J connectivity index is 2.80. The summed E-state index contributed by atoms with van der Waals surface area (Å²) < 4.78 is 4.94. The number of aromatic nitrogens is 1. The van der Waals surface area contributed by atoms with Crippen molar-refractivity contribution in [1.82, 2.24) is 4.37 Å². The van der Waals surface area contributed by atoms with Crippen molar-refractivity contribution in [2.24, 2.45) is 0 Å². The summed E-state index contributed by atoms with van der Waals surface area (Å²) in [6, 6.07) is 2.07. The van der Waals surface area contributed by atoms with Crippen molar-refractivity contribution < 1.29 is 9.90 Å². The van der Waals surface area contributed by atoms with E-state index < -0.39 is 5.97 Å². The SMILES string of the molecule is CCSc1snc(SCC(=O)O)c1C#N. The molecule has 1 rings (SSSR count). The molecule has 0 aliphatic rings. The summed E-state index contributed by atoms with van der Waals surface area (Å²) in [5, 5.41) is 18.0. The monoisotopic (exact) mass is 260 g/mol. The molecule has 4 nitrogen and oxygen atoms in total. The standard InChI is InChI=1S/C8H8N2O2S3/c1-2-13-8-5(3-9)7(10-15-8)14-4-6(11)12/h2,4H2,1H3,(H,11,12). The highest BCUT2D eigenvalue weighted by atomic mass is 32.2. The van der Waals surface area contributed by atoms with Crippen LogP contribution in [0.1, 0.15) is 12.5 Å². The molecule has 1 aromatic rings. The fraction of sp³-hybridized carbons (Fsp3) is 0.375. The molecule has 0 fully saturated rings. The lowest BCUT2D eigenvalue weighted by atomic mass is 10.4. The molecule has 7 heteroatoms. The Labute approximate surface area is 99.9 Å². The number of hydrogen-bond donors (Lipinski definition) is 1. The van der Waals surface area contributed by atoms with Crippen LogP contribution in [0.25, 0.3) is 0 Å². The van der Waals surface area contributed by atoms with Crippen LogP contribution in [0, 0.1) is 11.3 Å². The number of aliphatic carboxylic acids is 1. The van der Waals surface area contributed by atoms with Gasteiger partial charge in [-0.05, 0) is 17.3 Å². The molecule has 0 bridgehead atoms. The number of carbonyl (C=O) groups is 1. The second kappa shape index (κ2) is 6.00. The van der Waals surface area contributed by atoms with Gasteiger partial charge in [0.1, 0.15) is 16.7 Å². The van der Waals surface area contributed by atoms with Crippen LogP contribution in [-0.4, -0.2) is 27.0 Å². The molecule has 1 aromatic heterocycles. The van der Waals surface area contributed by atoms with Crippen LogP contribution in [0.2, 0.25) is 0 Å². The van der Waals surface area contributed by atoms with Crippen LogP contribution < -0.4 is 0 Å². The molecule has 0 radical (unpaired) electrons. The van der Waals surface area contributed by atoms with E-state index in [0.717, 1.165) is 21.7 Å². The molecule has 0 amide bonds. The lowest BCUT2D eigenvalue weighted by Gasteiger charge is -1.94. The highest BCUT2D eigenvalue weighted by molar-refractivity contribution is 8.01. The van der Waals surface area contributed by atoms with Crippen LogP contribution in [0.3, 0.4) is 0 Å². The quantitative estimate of drug-likeness (QED) is 0.819. The molecule has 80 valence electrons. The Bertz CT molecular complexity index is 397. The van der Waals surface area contributed by atoms with Crippen molar-refractivity contribution in [1.29, 1.82) is 5.26 Å². The smallest absolute Gasteiger partial charge is 0.313 e. The third-order valence-electron chi connectivity index (χ3n) is 1.35. The highest BCUT2D eigenvalue weighted by Crippen LogP contribution is 2.33. The zero-order valence-electron chi connectivity index (χ0n) is 7.89. The van der Waals surface area contributed by atoms with E-state index >= 15 is 0 Å². The van der Waals surface area contributed by atoms with E-state index in [2.05, 4.69) is 10.4 Å². The molecule has 1 N–H and O–H groups in total. The first kappa shape index (κ1) is 12.4. The molecule has 1 heterocycles. The summed E-state index contributed by atoms with van der Waals surface area (Å²) >= 11 is 3.90. The van der Waals surface area contributed by atoms with Crippen molar-refractivity contribution in [3.8, 4) is 6.07 Å². The zero-order valence-corrected chi connectivity index (χ0v) is 10.3. The van der Waals surface area contributed by atoms with Gasteiger partial charge < -0.3 is 5.11 Å². The van der Waals surface area contributed by atoms with E-state index in [1.54, 1.807) is 11.8 Å². The predicted octanol–water partition coefficient (Wildman–Crippen LogP) is 2.30. The molecule has 0 aliphatic carbocycles. The largest absolute Gasteiger partial charge is 0.481 e. The molecular weight excluding hydrogens is 252 g/mol. The Kier molecular flexibility index (Phi) is 4.94. The number of rotatable bonds is 5. The number of nitriles is 1. The summed E-state index contributed by atoms with van der Waals surface area (Å²) in [5.41, 5.74) is 0.512. The van der Waals surface area contributed by atoms with Gasteiger partial charge in [0.2, 0.25) is 0 Å². The second-order valence-corrected chi connectivity index (χ2v) is 5.65. The number of carboxylic acids is 1. The van der Waals surface area contributed by atoms with Crippen LogP contribution in [0.15, 0.2) is 9.24 Å². The van der Waals surface area contributed by atoms with E-state index in [1.165, 1.54) is 11.5 Å². The average molecular weight is 260 g/mol. The van der Waals surface area contributed by atoms with Gasteiger partial charge in [0.25, 0.3) is 0 Å². The van der Waals surface area contributed by atoms with Gasteiger partial charge in [-0.3, -0.25) is 4.79 Å². The van der Waals surface area contributed by atoms with Gasteiger partial charge in [-0.25, -0.2) is 0 Å². The predicted molar refractivity (Wildman–Crippen MR) is 61.6 cm³/mol. The molecule has 0 saturated carbocycles. The van der Waals surface area contributed by atoms with Crippen LogP contribution in [-0.2, 0) is 4.79 Å². The number of carboxylic acid groups (broad SMARTS) is 1. The van der Waals surface area contributed by atoms with Crippen LogP contribution in [0.5, 0.6) is 0 Å². The molecule has 0 aromatic carbocycles. The summed E-state index contributed by atoms with van der Waals surface area (Å²) in [5.74, 6) is -0.0873. The number of hydrogen-bond acceptors (Lipinski definition) is 6. The van der Waals surface area contributed by atoms with Gasteiger partial charge in [0, 0.05) is 0 Å². The average Bonchev–Trinajstić information content (AvgIpc) is 2.58. The summed E-state index contributed by atoms with van der Waals surface area (Å²) in [7, 11) is 0. The van der Waals surface area contributed by atoms with Gasteiger partial charge in [0.05, 0.1) is 9.96 Å². The normalized spacial score (nSPS) is 9.87. The van der Waals surface area contributed by atoms with E-state index in [-0.39, 0.29) is 5.75 Å². The van der Waals surface area contributed by atoms with Gasteiger partial charge in [0.15, 0.2) is 0 Å². The maximum absolute atomic E-state index is 10.4. The molecule has 0 spiro atoms. The van der Waals surface area contributed by atoms with Crippen molar-refractivity contribution in [2.75, 3.05) is 11.5 Å². The maximum Gasteiger partial charge on any atom is 0.313 e. The molecule has 15 heavy (non-hydrogen) atoms. The van der Waals surface area contributed by atoms with Crippen molar-refractivity contribution >= 4 is 41.0 Å². The summed E-state index contributed by atoms with van der Waals surface area (Å²) in [4.78, 5) is 10.4. The van der Waals surface area contributed by atoms with E-state index in [9.17, 15) is 4.79 Å². The van der Waals surface area contributed by atoms with Crippen molar-refractivity contribution in [3.05, 3.63) is 5.56 Å². The Morgan fingerprint density at radius 3 is 2.93 bits per heavy atom. The van der Waals surface area contributed by atoms with Gasteiger partial charge >= 0.3 is 5.97 Å². The van der Waals surface area contributed by atoms with E-state index in [0.29, 0.717) is 10.6 Å². The summed E-state index contributed by atoms with van der Waals surface area (Å²) in [6.07, 6.45) is 0. The lowest BCUT2D eigenvalue weighted by molar-refractivity contribution is -0.133. The second-order valence-electron chi connectivity index (χ2n) is 2.38. The minimum atomic E-state index is -0.901. The maximum atomic E-state index is 10.4. The van der Waals surface area contributed by atoms with Crippen LogP contribution >= 0.6 is 35.1 Å². The van der Waals surface area contributed by atoms with Gasteiger partial charge in [-0.15, -0.1) is 11.8 Å². The third kappa shape index (κ3) is 3.41. The third-order valence-corrected chi connectivity index (χ3v) is 4.40. The molecule has 0 atom stereocenters. The number of thioether (sulfide) groups is 2. The Morgan fingerprint density at radius 1 is 1.67 bits per heavy atom. The zero-order chi connectivity index (χ0) is 11.3. The highest BCUT2D eigenvalue weighted by Gasteiger charge is 2.14. The van der Waals surface area contributed by atoms with Gasteiger partial charge in [-0.1, -0.05) is 18.7 Å². The fourth-order valence-electron chi connectivity index (χ4n) is 0.813. The minimum absolute atomic E-state index is 0.0609. The van der Waals surface area contributed by atoms with E-state index in [1.807, 2.05) is 6.92 Å². The molecular formula is C8H8N2O2S3. The first-order valence-electron chi connectivity index (χ1n) is 4.06. The molecule has 0 saturated heterocycles. The van der Waals surface area contributed by atoms with Crippen molar-refractivity contribution in [3.63, 3.8) is 0 Å². The van der Waals surface area contributed by atoms with Crippen molar-refractivity contribution in [2.45, 2.75) is 16.2 Å². The first-order valence-corrected chi connectivity index (χ1v) is 6.80. The Morgan fingerprint density at radius 2 is 2.40 bits per heavy atom. The van der Waals surface area contributed by atoms with E-state index in [4.69, 9.17) is 10.4 Å². The number of nitrogens with zero attached hydrogens (tertiary/aromatic N) is 2. The summed E-state index contributed by atoms with van der Waals surface area (Å²) in [6.45, 7) is 2.00. The first-order chi connectivity index (χ1) is 7.19. The molecule has 0 aliphatic heterocycles. The van der Waals surface area contributed by atoms with Gasteiger partial charge in [-0.2, -0.15) is 9.64 Å². The Hall–Kier alpha value is -0.710. The molecule has 0 unspecified atom stereocenters. The topological polar surface area (TPSA) is 74.0 Å². The lowest BCUT2D eigenvalue weighted by Crippen LogP contribution is -1.97. The fourth-order valence-corrected chi connectivity index (χ4v) is 3.53. The minimum Gasteiger partial charge on any atom is -0.481 e.